The Morgan fingerprint density at radius 3 is 1.84 bits per heavy atom. The van der Waals surface area contributed by atoms with Crippen molar-refractivity contribution in [3.05, 3.63) is 142 Å². The number of hydrogen-bond donors (Lipinski definition) is 0. The molecule has 156 valence electrons. The van der Waals surface area contributed by atoms with E-state index in [0.717, 1.165) is 33.4 Å². The second-order valence-corrected chi connectivity index (χ2v) is 8.19. The third-order valence-electron chi connectivity index (χ3n) is 6.64. The Labute approximate surface area is 187 Å². The van der Waals surface area contributed by atoms with Gasteiger partial charge in [-0.25, -0.2) is 4.79 Å². The average molecular weight is 418 g/mol. The lowest BCUT2D eigenvalue weighted by Gasteiger charge is -2.31. The van der Waals surface area contributed by atoms with Crippen LogP contribution in [0, 0.1) is 0 Å². The zero-order valence-electron chi connectivity index (χ0n) is 17.7. The van der Waals surface area contributed by atoms with Gasteiger partial charge in [-0.1, -0.05) is 97.1 Å². The van der Waals surface area contributed by atoms with Gasteiger partial charge in [0.05, 0.1) is 12.2 Å². The Bertz CT molecular complexity index is 1330. The molecule has 6 rings (SSSR count). The van der Waals surface area contributed by atoms with Gasteiger partial charge in [-0.05, 0) is 35.2 Å². The fourth-order valence-corrected chi connectivity index (χ4v) is 5.50. The quantitative estimate of drug-likeness (QED) is 0.394. The summed E-state index contributed by atoms with van der Waals surface area (Å²) in [6, 6.07) is 34.7. The van der Waals surface area contributed by atoms with Gasteiger partial charge in [-0.2, -0.15) is 0 Å². The first-order valence-electron chi connectivity index (χ1n) is 11.0. The molecule has 2 heterocycles. The summed E-state index contributed by atoms with van der Waals surface area (Å²) < 4.78 is 12.7. The fourth-order valence-electron chi connectivity index (χ4n) is 5.50. The van der Waals surface area contributed by atoms with Crippen LogP contribution < -0.4 is 0 Å². The molecule has 2 aliphatic heterocycles. The molecular formula is C29H22O3. The number of fused-ring (bicyclic) bond motifs is 8. The van der Waals surface area contributed by atoms with Gasteiger partial charge in [0.1, 0.15) is 11.2 Å². The molecule has 0 fully saturated rings. The highest BCUT2D eigenvalue weighted by Gasteiger charge is 2.65. The third-order valence-corrected chi connectivity index (χ3v) is 6.64. The van der Waals surface area contributed by atoms with E-state index in [-0.39, 0.29) is 5.97 Å². The Balaban J connectivity index is 1.77. The van der Waals surface area contributed by atoms with Crippen LogP contribution in [0.1, 0.15) is 50.7 Å². The van der Waals surface area contributed by atoms with Crippen LogP contribution in [0.25, 0.3) is 0 Å². The topological polar surface area (TPSA) is 35.5 Å². The lowest BCUT2D eigenvalue weighted by Crippen LogP contribution is -2.29. The van der Waals surface area contributed by atoms with Gasteiger partial charge in [-0.15, -0.1) is 0 Å². The van der Waals surface area contributed by atoms with Crippen molar-refractivity contribution >= 4 is 5.97 Å². The minimum absolute atomic E-state index is 0.322. The first-order chi connectivity index (χ1) is 15.7. The summed E-state index contributed by atoms with van der Waals surface area (Å²) in [7, 11) is 0. The van der Waals surface area contributed by atoms with E-state index in [4.69, 9.17) is 9.47 Å². The molecule has 2 bridgehead atoms. The minimum atomic E-state index is -0.896. The molecule has 0 aliphatic carbocycles. The first-order valence-corrected chi connectivity index (χ1v) is 11.0. The summed E-state index contributed by atoms with van der Waals surface area (Å²) >= 11 is 0. The molecule has 32 heavy (non-hydrogen) atoms. The zero-order valence-corrected chi connectivity index (χ0v) is 17.7. The molecule has 2 aliphatic rings. The molecule has 0 radical (unpaired) electrons. The van der Waals surface area contributed by atoms with E-state index in [2.05, 4.69) is 48.5 Å². The lowest BCUT2D eigenvalue weighted by molar-refractivity contribution is -0.0262. The Hall–Kier alpha value is -3.69. The van der Waals surface area contributed by atoms with Gasteiger partial charge in [0, 0.05) is 11.1 Å². The minimum Gasteiger partial charge on any atom is -0.462 e. The highest BCUT2D eigenvalue weighted by molar-refractivity contribution is 5.94. The van der Waals surface area contributed by atoms with Gasteiger partial charge in [0.15, 0.2) is 0 Å². The first kappa shape index (κ1) is 19.0. The molecule has 0 saturated carbocycles. The number of rotatable bonds is 4. The fraction of sp³-hybridized carbons (Fsp3) is 0.138. The van der Waals surface area contributed by atoms with E-state index in [0.29, 0.717) is 12.2 Å². The monoisotopic (exact) mass is 418 g/mol. The molecular weight excluding hydrogens is 396 g/mol. The molecule has 2 atom stereocenters. The van der Waals surface area contributed by atoms with Crippen LogP contribution in [0.4, 0.5) is 0 Å². The van der Waals surface area contributed by atoms with Gasteiger partial charge in [-0.3, -0.25) is 0 Å². The molecule has 4 aromatic rings. The molecule has 4 aromatic carbocycles. The highest BCUT2D eigenvalue weighted by Crippen LogP contribution is 2.66. The maximum absolute atomic E-state index is 13.1. The Kier molecular flexibility index (Phi) is 4.11. The van der Waals surface area contributed by atoms with Crippen molar-refractivity contribution in [2.75, 3.05) is 6.61 Å². The maximum atomic E-state index is 13.1. The van der Waals surface area contributed by atoms with Crippen molar-refractivity contribution in [3.63, 3.8) is 0 Å². The molecule has 3 heteroatoms. The number of carbonyl (C=O) groups excluding carboxylic acids is 1. The number of hydrogen-bond acceptors (Lipinski definition) is 3. The summed E-state index contributed by atoms with van der Waals surface area (Å²) in [5.41, 5.74) is 4.97. The highest BCUT2D eigenvalue weighted by atomic mass is 16.5. The zero-order chi connectivity index (χ0) is 21.8. The van der Waals surface area contributed by atoms with Gasteiger partial charge < -0.3 is 9.47 Å². The Morgan fingerprint density at radius 2 is 1.22 bits per heavy atom. The van der Waals surface area contributed by atoms with Crippen molar-refractivity contribution in [2.24, 2.45) is 0 Å². The van der Waals surface area contributed by atoms with Crippen molar-refractivity contribution in [2.45, 2.75) is 18.1 Å². The summed E-state index contributed by atoms with van der Waals surface area (Å²) in [4.78, 5) is 13.1. The number of benzene rings is 4. The summed E-state index contributed by atoms with van der Waals surface area (Å²) in [6.45, 7) is 2.15. The largest absolute Gasteiger partial charge is 0.462 e. The van der Waals surface area contributed by atoms with Crippen molar-refractivity contribution in [1.82, 2.24) is 0 Å². The van der Waals surface area contributed by atoms with Crippen LogP contribution in [0.5, 0.6) is 0 Å². The predicted octanol–water partition coefficient (Wildman–Crippen LogP) is 5.79. The second-order valence-electron chi connectivity index (χ2n) is 8.19. The van der Waals surface area contributed by atoms with Crippen molar-refractivity contribution in [3.8, 4) is 0 Å². The van der Waals surface area contributed by atoms with Gasteiger partial charge >= 0.3 is 5.97 Å². The lowest BCUT2D eigenvalue weighted by atomic mass is 9.67. The maximum Gasteiger partial charge on any atom is 0.338 e. The van der Waals surface area contributed by atoms with E-state index in [9.17, 15) is 4.79 Å². The third kappa shape index (κ3) is 2.26. The van der Waals surface area contributed by atoms with Crippen molar-refractivity contribution < 1.29 is 14.3 Å². The molecule has 2 unspecified atom stereocenters. The molecule has 0 amide bonds. The molecule has 0 saturated heterocycles. The normalized spacial score (nSPS) is 22.3. The van der Waals surface area contributed by atoms with E-state index >= 15 is 0 Å². The van der Waals surface area contributed by atoms with Gasteiger partial charge in [0.25, 0.3) is 0 Å². The van der Waals surface area contributed by atoms with Crippen LogP contribution in [0.15, 0.2) is 103 Å². The van der Waals surface area contributed by atoms with E-state index in [1.54, 1.807) is 0 Å². The summed E-state index contributed by atoms with van der Waals surface area (Å²) in [5, 5.41) is 0. The van der Waals surface area contributed by atoms with E-state index in [1.807, 2.05) is 61.5 Å². The number of ether oxygens (including phenoxy) is 2. The summed E-state index contributed by atoms with van der Waals surface area (Å²) in [6.07, 6.45) is 0. The average Bonchev–Trinajstić information content (AvgIpc) is 3.35. The standard InChI is InChI=1S/C29H22O3/c1-2-31-27(30)22-16-11-19-25-26(22)29(21-14-7-4-8-15-21)24-18-10-9-17-23(24)28(25,32-29)20-12-5-3-6-13-20/h3-19H,2H2,1H3. The molecule has 0 N–H and O–H groups in total. The Morgan fingerprint density at radius 1 is 0.688 bits per heavy atom. The molecule has 3 nitrogen and oxygen atoms in total. The van der Waals surface area contributed by atoms with E-state index in [1.165, 1.54) is 0 Å². The van der Waals surface area contributed by atoms with Crippen LogP contribution in [-0.4, -0.2) is 12.6 Å². The van der Waals surface area contributed by atoms with Crippen LogP contribution in [0.2, 0.25) is 0 Å². The van der Waals surface area contributed by atoms with Crippen LogP contribution >= 0.6 is 0 Å². The predicted molar refractivity (Wildman–Crippen MR) is 123 cm³/mol. The molecule has 0 spiro atoms. The number of esters is 1. The van der Waals surface area contributed by atoms with E-state index < -0.39 is 11.2 Å². The van der Waals surface area contributed by atoms with Crippen LogP contribution in [0.3, 0.4) is 0 Å². The second kappa shape index (κ2) is 6.91. The SMILES string of the molecule is CCOC(=O)c1cccc2c1C1(c3ccccc3)OC2(c2ccccc2)c2ccccc21. The smallest absolute Gasteiger partial charge is 0.338 e. The van der Waals surface area contributed by atoms with Crippen LogP contribution in [-0.2, 0) is 20.7 Å². The number of carbonyl (C=O) groups is 1. The molecule has 0 aromatic heterocycles. The summed E-state index contributed by atoms with van der Waals surface area (Å²) in [5.74, 6) is -0.323. The van der Waals surface area contributed by atoms with Crippen molar-refractivity contribution in [1.29, 1.82) is 0 Å². The van der Waals surface area contributed by atoms with Gasteiger partial charge in [0.2, 0.25) is 0 Å².